The molecule has 96 valence electrons. The fourth-order valence-corrected chi connectivity index (χ4v) is 2.40. The molecule has 0 N–H and O–H groups in total. The van der Waals surface area contributed by atoms with E-state index in [1.807, 2.05) is 12.1 Å². The van der Waals surface area contributed by atoms with Crippen LogP contribution in [-0.2, 0) is 0 Å². The Morgan fingerprint density at radius 1 is 1.11 bits per heavy atom. The van der Waals surface area contributed by atoms with Crippen molar-refractivity contribution < 1.29 is 0 Å². The molecule has 1 aliphatic rings. The Hall–Kier alpha value is -2.07. The van der Waals surface area contributed by atoms with Gasteiger partial charge in [0.1, 0.15) is 0 Å². The Morgan fingerprint density at radius 2 is 1.79 bits per heavy atom. The van der Waals surface area contributed by atoms with Gasteiger partial charge in [0.2, 0.25) is 0 Å². The Balaban J connectivity index is 2.30. The average Bonchev–Trinajstić information content (AvgIpc) is 2.60. The molecule has 1 nitrogen and oxygen atoms in total. The molecule has 0 spiro atoms. The lowest BCUT2D eigenvalue weighted by Crippen LogP contribution is -1.99. The van der Waals surface area contributed by atoms with Crippen LogP contribution in [0.2, 0.25) is 0 Å². The van der Waals surface area contributed by atoms with Gasteiger partial charge in [0.05, 0.1) is 11.6 Å². The molecule has 1 aromatic rings. The van der Waals surface area contributed by atoms with Crippen molar-refractivity contribution in [1.29, 1.82) is 5.26 Å². The second-order valence-electron chi connectivity index (χ2n) is 5.18. The number of nitriles is 1. The molecule has 0 aromatic heterocycles. The van der Waals surface area contributed by atoms with Crippen LogP contribution >= 0.6 is 0 Å². The van der Waals surface area contributed by atoms with Crippen LogP contribution < -0.4 is 0 Å². The second-order valence-corrected chi connectivity index (χ2v) is 5.18. The Labute approximate surface area is 115 Å². The van der Waals surface area contributed by atoms with Crippen LogP contribution in [-0.4, -0.2) is 0 Å². The number of benzene rings is 1. The fourth-order valence-electron chi connectivity index (χ4n) is 2.40. The van der Waals surface area contributed by atoms with E-state index >= 15 is 0 Å². The van der Waals surface area contributed by atoms with Crippen molar-refractivity contribution in [3.05, 3.63) is 70.3 Å². The number of allylic oxidation sites excluding steroid dienone is 6. The van der Waals surface area contributed by atoms with Gasteiger partial charge in [-0.1, -0.05) is 48.4 Å². The van der Waals surface area contributed by atoms with Gasteiger partial charge in [0.15, 0.2) is 0 Å². The molecule has 1 atom stereocenters. The van der Waals surface area contributed by atoms with Crippen molar-refractivity contribution in [2.75, 3.05) is 0 Å². The summed E-state index contributed by atoms with van der Waals surface area (Å²) in [5.41, 5.74) is 6.11. The zero-order valence-corrected chi connectivity index (χ0v) is 11.8. The van der Waals surface area contributed by atoms with Crippen LogP contribution in [0.1, 0.15) is 44.2 Å². The van der Waals surface area contributed by atoms with Crippen molar-refractivity contribution in [2.24, 2.45) is 0 Å². The summed E-state index contributed by atoms with van der Waals surface area (Å²) >= 11 is 0. The van der Waals surface area contributed by atoms with Crippen molar-refractivity contribution in [3.63, 3.8) is 0 Å². The minimum absolute atomic E-state index is 0.364. The van der Waals surface area contributed by atoms with Crippen molar-refractivity contribution in [1.82, 2.24) is 0 Å². The minimum Gasteiger partial charge on any atom is -0.192 e. The Morgan fingerprint density at radius 3 is 2.42 bits per heavy atom. The monoisotopic (exact) mass is 249 g/mol. The van der Waals surface area contributed by atoms with Crippen LogP contribution in [0, 0.1) is 11.3 Å². The molecule has 1 aromatic carbocycles. The van der Waals surface area contributed by atoms with Crippen molar-refractivity contribution in [3.8, 4) is 6.07 Å². The highest BCUT2D eigenvalue weighted by Crippen LogP contribution is 2.30. The van der Waals surface area contributed by atoms with E-state index in [1.54, 1.807) is 0 Å². The highest BCUT2D eigenvalue weighted by atomic mass is 14.2. The minimum atomic E-state index is 0.364. The number of hydrogen-bond acceptors (Lipinski definition) is 1. The number of nitrogens with zero attached hydrogens (tertiary/aromatic N) is 1. The summed E-state index contributed by atoms with van der Waals surface area (Å²) in [6, 6.07) is 10.1. The highest BCUT2D eigenvalue weighted by molar-refractivity contribution is 5.43. The lowest BCUT2D eigenvalue weighted by atomic mass is 9.88. The van der Waals surface area contributed by atoms with Gasteiger partial charge in [0.25, 0.3) is 0 Å². The van der Waals surface area contributed by atoms with Crippen molar-refractivity contribution in [2.45, 2.75) is 33.1 Å². The lowest BCUT2D eigenvalue weighted by molar-refractivity contribution is 0.895. The largest absolute Gasteiger partial charge is 0.192 e. The van der Waals surface area contributed by atoms with Crippen LogP contribution in [0.25, 0.3) is 0 Å². The smallest absolute Gasteiger partial charge is 0.0991 e. The predicted molar refractivity (Wildman–Crippen MR) is 79.8 cm³/mol. The van der Waals surface area contributed by atoms with Gasteiger partial charge in [0, 0.05) is 5.92 Å². The Bertz CT molecular complexity index is 592. The van der Waals surface area contributed by atoms with E-state index in [2.05, 4.69) is 57.2 Å². The molecule has 0 aliphatic heterocycles. The van der Waals surface area contributed by atoms with Gasteiger partial charge < -0.3 is 0 Å². The first-order valence-corrected chi connectivity index (χ1v) is 6.66. The predicted octanol–water partition coefficient (Wildman–Crippen LogP) is 4.88. The number of hydrogen-bond donors (Lipinski definition) is 0. The summed E-state index contributed by atoms with van der Waals surface area (Å²) in [6.45, 7) is 6.57. The van der Waals surface area contributed by atoms with Crippen LogP contribution in [0.3, 0.4) is 0 Å². The SMILES string of the molecule is CC1=CCC(C)=C(C(C)c2ccc(C#N)cc2)C=C1. The zero-order chi connectivity index (χ0) is 13.8. The third-order valence-corrected chi connectivity index (χ3v) is 3.76. The van der Waals surface area contributed by atoms with E-state index < -0.39 is 0 Å². The molecule has 0 radical (unpaired) electrons. The molecule has 0 bridgehead atoms. The first kappa shape index (κ1) is 13.4. The summed E-state index contributed by atoms with van der Waals surface area (Å²) in [4.78, 5) is 0. The standard InChI is InChI=1S/C18H19N/c1-13-4-6-14(2)18(11-5-13)15(3)17-9-7-16(12-19)8-10-17/h4-5,7-11,15H,6H2,1-3H3. The molecular weight excluding hydrogens is 230 g/mol. The van der Waals surface area contributed by atoms with Crippen LogP contribution in [0.4, 0.5) is 0 Å². The molecular formula is C18H19N. The van der Waals surface area contributed by atoms with E-state index in [0.29, 0.717) is 5.92 Å². The van der Waals surface area contributed by atoms with Gasteiger partial charge in [-0.3, -0.25) is 0 Å². The normalized spacial score (nSPS) is 16.6. The molecule has 0 saturated heterocycles. The maximum absolute atomic E-state index is 8.85. The summed E-state index contributed by atoms with van der Waals surface area (Å²) in [5, 5.41) is 8.85. The van der Waals surface area contributed by atoms with E-state index in [9.17, 15) is 0 Å². The molecule has 0 fully saturated rings. The van der Waals surface area contributed by atoms with E-state index in [4.69, 9.17) is 5.26 Å². The second kappa shape index (κ2) is 5.71. The maximum Gasteiger partial charge on any atom is 0.0991 e. The third kappa shape index (κ3) is 3.03. The van der Waals surface area contributed by atoms with Crippen LogP contribution in [0.5, 0.6) is 0 Å². The van der Waals surface area contributed by atoms with Gasteiger partial charge in [-0.15, -0.1) is 0 Å². The Kier molecular flexibility index (Phi) is 4.02. The molecule has 1 unspecified atom stereocenters. The third-order valence-electron chi connectivity index (χ3n) is 3.76. The quantitative estimate of drug-likeness (QED) is 0.732. The first-order valence-electron chi connectivity index (χ1n) is 6.66. The molecule has 1 aliphatic carbocycles. The molecule has 1 heteroatoms. The molecule has 0 saturated carbocycles. The summed E-state index contributed by atoms with van der Waals surface area (Å²) in [7, 11) is 0. The topological polar surface area (TPSA) is 23.8 Å². The molecule has 0 amide bonds. The molecule has 2 rings (SSSR count). The van der Waals surface area contributed by atoms with E-state index in [1.165, 1.54) is 22.3 Å². The highest BCUT2D eigenvalue weighted by Gasteiger charge is 2.13. The van der Waals surface area contributed by atoms with Gasteiger partial charge >= 0.3 is 0 Å². The van der Waals surface area contributed by atoms with Gasteiger partial charge in [-0.2, -0.15) is 5.26 Å². The maximum atomic E-state index is 8.85. The molecule has 0 heterocycles. The lowest BCUT2D eigenvalue weighted by Gasteiger charge is -2.16. The van der Waals surface area contributed by atoms with E-state index in [0.717, 1.165) is 12.0 Å². The fraction of sp³-hybridized carbons (Fsp3) is 0.278. The van der Waals surface area contributed by atoms with Crippen LogP contribution in [0.15, 0.2) is 59.2 Å². The summed E-state index contributed by atoms with van der Waals surface area (Å²) in [6.07, 6.45) is 7.71. The van der Waals surface area contributed by atoms with Crippen molar-refractivity contribution >= 4 is 0 Å². The molecule has 19 heavy (non-hydrogen) atoms. The van der Waals surface area contributed by atoms with Gasteiger partial charge in [-0.05, 0) is 43.5 Å². The average molecular weight is 249 g/mol. The first-order chi connectivity index (χ1) is 9.11. The summed E-state index contributed by atoms with van der Waals surface area (Å²) in [5.74, 6) is 0.364. The summed E-state index contributed by atoms with van der Waals surface area (Å²) < 4.78 is 0. The van der Waals surface area contributed by atoms with E-state index in [-0.39, 0.29) is 0 Å². The zero-order valence-electron chi connectivity index (χ0n) is 11.8. The van der Waals surface area contributed by atoms with Gasteiger partial charge in [-0.25, -0.2) is 0 Å². The number of rotatable bonds is 2.